The Balaban J connectivity index is 1.63. The van der Waals surface area contributed by atoms with Crippen LogP contribution in [0.15, 0.2) is 84.9 Å². The van der Waals surface area contributed by atoms with Crippen molar-refractivity contribution in [2.24, 2.45) is 0 Å². The van der Waals surface area contributed by atoms with Gasteiger partial charge in [0.05, 0.1) is 18.8 Å². The highest BCUT2D eigenvalue weighted by atomic mass is 19.1. The minimum absolute atomic E-state index is 0.164. The number of nitrogens with one attached hydrogen (secondary N) is 2. The molecule has 0 fully saturated rings. The highest BCUT2D eigenvalue weighted by Gasteiger charge is 2.13. The molecule has 0 heterocycles. The molecule has 5 nitrogen and oxygen atoms in total. The van der Waals surface area contributed by atoms with Crippen LogP contribution in [0.5, 0.6) is 0 Å². The lowest BCUT2D eigenvalue weighted by molar-refractivity contribution is -0.120. The van der Waals surface area contributed by atoms with Crippen LogP contribution in [0.4, 0.5) is 10.1 Å². The number of amides is 2. The number of carbonyl (C=O) groups is 2. The van der Waals surface area contributed by atoms with E-state index in [1.807, 2.05) is 60.7 Å². The van der Waals surface area contributed by atoms with Crippen LogP contribution >= 0.6 is 0 Å². The quantitative estimate of drug-likeness (QED) is 0.621. The van der Waals surface area contributed by atoms with Crippen LogP contribution in [0.3, 0.4) is 0 Å². The van der Waals surface area contributed by atoms with Gasteiger partial charge in [0, 0.05) is 5.56 Å². The van der Waals surface area contributed by atoms with Crippen molar-refractivity contribution >= 4 is 17.5 Å². The first-order valence-corrected chi connectivity index (χ1v) is 8.81. The smallest absolute Gasteiger partial charge is 0.257 e. The summed E-state index contributed by atoms with van der Waals surface area (Å²) in [7, 11) is 0. The van der Waals surface area contributed by atoms with E-state index in [1.54, 1.807) is 5.01 Å². The summed E-state index contributed by atoms with van der Waals surface area (Å²) in [4.78, 5) is 24.5. The van der Waals surface area contributed by atoms with E-state index in [0.717, 1.165) is 17.3 Å². The van der Waals surface area contributed by atoms with E-state index < -0.39 is 11.7 Å². The Hall–Kier alpha value is -3.67. The summed E-state index contributed by atoms with van der Waals surface area (Å²) in [6, 6.07) is 24.5. The fraction of sp³-hybridized carbons (Fsp3) is 0.0909. The van der Waals surface area contributed by atoms with Crippen molar-refractivity contribution in [1.29, 1.82) is 0 Å². The molecule has 0 aliphatic carbocycles. The second-order valence-corrected chi connectivity index (χ2v) is 6.14. The molecule has 0 aromatic heterocycles. The van der Waals surface area contributed by atoms with Gasteiger partial charge in [0.25, 0.3) is 11.8 Å². The first-order valence-electron chi connectivity index (χ1n) is 8.81. The summed E-state index contributed by atoms with van der Waals surface area (Å²) >= 11 is 0. The van der Waals surface area contributed by atoms with E-state index in [4.69, 9.17) is 0 Å². The van der Waals surface area contributed by atoms with Crippen LogP contribution in [-0.2, 0) is 11.3 Å². The van der Waals surface area contributed by atoms with Gasteiger partial charge in [-0.15, -0.1) is 0 Å². The molecule has 0 saturated heterocycles. The van der Waals surface area contributed by atoms with Crippen molar-refractivity contribution < 1.29 is 14.0 Å². The number of anilines is 1. The molecule has 0 aliphatic heterocycles. The Kier molecular flexibility index (Phi) is 6.36. The highest BCUT2D eigenvalue weighted by molar-refractivity contribution is 5.96. The molecular formula is C22H20FN3O2. The molecule has 0 unspecified atom stereocenters. The van der Waals surface area contributed by atoms with E-state index in [1.165, 1.54) is 18.2 Å². The standard InChI is InChI=1S/C22H20FN3O2/c23-19-11-7-10-18(14-19)22(28)24-15-21(27)25-26(20-12-5-2-6-13-20)16-17-8-3-1-4-9-17/h1-14H,15-16H2,(H,24,28)(H,25,27). The summed E-state index contributed by atoms with van der Waals surface area (Å²) in [5.41, 5.74) is 4.81. The molecule has 3 rings (SSSR count). The lowest BCUT2D eigenvalue weighted by atomic mass is 10.2. The molecule has 28 heavy (non-hydrogen) atoms. The molecular weight excluding hydrogens is 357 g/mol. The second-order valence-electron chi connectivity index (χ2n) is 6.14. The van der Waals surface area contributed by atoms with Gasteiger partial charge in [-0.25, -0.2) is 4.39 Å². The maximum atomic E-state index is 13.2. The Bertz CT molecular complexity index is 933. The molecule has 6 heteroatoms. The Morgan fingerprint density at radius 3 is 2.21 bits per heavy atom. The average Bonchev–Trinajstić information content (AvgIpc) is 2.73. The van der Waals surface area contributed by atoms with E-state index in [9.17, 15) is 14.0 Å². The van der Waals surface area contributed by atoms with Crippen LogP contribution in [-0.4, -0.2) is 18.4 Å². The molecule has 0 spiro atoms. The highest BCUT2D eigenvalue weighted by Crippen LogP contribution is 2.14. The lowest BCUT2D eigenvalue weighted by Crippen LogP contribution is -2.46. The third-order valence-electron chi connectivity index (χ3n) is 4.01. The van der Waals surface area contributed by atoms with Crippen LogP contribution in [0.1, 0.15) is 15.9 Å². The zero-order chi connectivity index (χ0) is 19.8. The largest absolute Gasteiger partial charge is 0.343 e. The molecule has 0 aliphatic rings. The van der Waals surface area contributed by atoms with Crippen LogP contribution in [0.2, 0.25) is 0 Å². The third-order valence-corrected chi connectivity index (χ3v) is 4.01. The molecule has 2 amide bonds. The zero-order valence-electron chi connectivity index (χ0n) is 15.1. The lowest BCUT2D eigenvalue weighted by Gasteiger charge is -2.25. The number of carbonyl (C=O) groups excluding carboxylic acids is 2. The Labute approximate surface area is 162 Å². The molecule has 0 radical (unpaired) electrons. The predicted molar refractivity (Wildman–Crippen MR) is 106 cm³/mol. The van der Waals surface area contributed by atoms with E-state index >= 15 is 0 Å². The average molecular weight is 377 g/mol. The van der Waals surface area contributed by atoms with Crippen LogP contribution < -0.4 is 15.8 Å². The normalized spacial score (nSPS) is 10.2. The Morgan fingerprint density at radius 2 is 1.54 bits per heavy atom. The van der Waals surface area contributed by atoms with Gasteiger partial charge in [-0.3, -0.25) is 20.0 Å². The van der Waals surface area contributed by atoms with Crippen molar-refractivity contribution in [3.05, 3.63) is 102 Å². The first kappa shape index (κ1) is 19.1. The maximum Gasteiger partial charge on any atom is 0.257 e. The van der Waals surface area contributed by atoms with Gasteiger partial charge in [0.2, 0.25) is 0 Å². The molecule has 3 aromatic rings. The summed E-state index contributed by atoms with van der Waals surface area (Å²) < 4.78 is 13.2. The number of hydrazine groups is 1. The fourth-order valence-corrected chi connectivity index (χ4v) is 2.65. The number of hydrogen-bond donors (Lipinski definition) is 2. The van der Waals surface area contributed by atoms with Crippen molar-refractivity contribution in [1.82, 2.24) is 10.7 Å². The van der Waals surface area contributed by atoms with Crippen molar-refractivity contribution in [2.45, 2.75) is 6.54 Å². The van der Waals surface area contributed by atoms with Crippen LogP contribution in [0, 0.1) is 5.82 Å². The number of nitrogens with zero attached hydrogens (tertiary/aromatic N) is 1. The van der Waals surface area contributed by atoms with Gasteiger partial charge in [0.1, 0.15) is 5.82 Å². The van der Waals surface area contributed by atoms with E-state index in [0.29, 0.717) is 6.54 Å². The molecule has 0 atom stereocenters. The van der Waals surface area contributed by atoms with Crippen molar-refractivity contribution in [3.63, 3.8) is 0 Å². The van der Waals surface area contributed by atoms with Gasteiger partial charge in [-0.1, -0.05) is 54.6 Å². The summed E-state index contributed by atoms with van der Waals surface area (Å²) in [6.07, 6.45) is 0. The molecule has 0 saturated carbocycles. The van der Waals surface area contributed by atoms with Crippen molar-refractivity contribution in [2.75, 3.05) is 11.6 Å². The van der Waals surface area contributed by atoms with Gasteiger partial charge in [-0.2, -0.15) is 0 Å². The van der Waals surface area contributed by atoms with Gasteiger partial charge >= 0.3 is 0 Å². The van der Waals surface area contributed by atoms with Gasteiger partial charge in [-0.05, 0) is 35.9 Å². The maximum absolute atomic E-state index is 13.2. The third kappa shape index (κ3) is 5.41. The molecule has 142 valence electrons. The first-order chi connectivity index (χ1) is 13.6. The number of hydrogen-bond acceptors (Lipinski definition) is 3. The van der Waals surface area contributed by atoms with Gasteiger partial charge in [0.15, 0.2) is 0 Å². The predicted octanol–water partition coefficient (Wildman–Crippen LogP) is 3.29. The Morgan fingerprint density at radius 1 is 0.857 bits per heavy atom. The van der Waals surface area contributed by atoms with Gasteiger partial charge < -0.3 is 5.32 Å². The summed E-state index contributed by atoms with van der Waals surface area (Å²) in [6.45, 7) is 0.238. The van der Waals surface area contributed by atoms with Crippen molar-refractivity contribution in [3.8, 4) is 0 Å². The number of para-hydroxylation sites is 1. The van der Waals surface area contributed by atoms with E-state index in [-0.39, 0.29) is 18.0 Å². The summed E-state index contributed by atoms with van der Waals surface area (Å²) in [5, 5.41) is 4.22. The minimum atomic E-state index is -0.510. The number of halogens is 1. The second kappa shape index (κ2) is 9.32. The fourth-order valence-electron chi connectivity index (χ4n) is 2.65. The summed E-state index contributed by atoms with van der Waals surface area (Å²) in [5.74, 6) is -1.40. The minimum Gasteiger partial charge on any atom is -0.343 e. The molecule has 0 bridgehead atoms. The zero-order valence-corrected chi connectivity index (χ0v) is 15.1. The monoisotopic (exact) mass is 377 g/mol. The van der Waals surface area contributed by atoms with Crippen LogP contribution in [0.25, 0.3) is 0 Å². The van der Waals surface area contributed by atoms with E-state index in [2.05, 4.69) is 10.7 Å². The molecule has 2 N–H and O–H groups in total. The topological polar surface area (TPSA) is 61.4 Å². The SMILES string of the molecule is O=C(CNC(=O)c1cccc(F)c1)NN(Cc1ccccc1)c1ccccc1. The molecule has 3 aromatic carbocycles. The number of benzene rings is 3. The number of rotatable bonds is 7.